The number of hydrogen-bond donors (Lipinski definition) is 0. The van der Waals surface area contributed by atoms with Crippen LogP contribution in [0.25, 0.3) is 33.5 Å². The SMILES string of the molecule is C=CC1=Cc2c(ccc(C)c2C)-c2cccc3cccc1c23. The third-order valence-electron chi connectivity index (χ3n) is 4.81. The number of hydrogen-bond acceptors (Lipinski definition) is 0. The Balaban J connectivity index is 2.26. The van der Waals surface area contributed by atoms with Crippen LogP contribution in [0.15, 0.2) is 61.2 Å². The van der Waals surface area contributed by atoms with E-state index < -0.39 is 0 Å². The summed E-state index contributed by atoms with van der Waals surface area (Å²) in [5.41, 5.74) is 9.11. The van der Waals surface area contributed by atoms with Gasteiger partial charge in [0.1, 0.15) is 0 Å². The number of fused-ring (bicyclic) bond motifs is 2. The Labute approximate surface area is 131 Å². The molecule has 0 saturated heterocycles. The molecule has 3 aromatic carbocycles. The molecule has 0 unspecified atom stereocenters. The van der Waals surface area contributed by atoms with Crippen molar-refractivity contribution in [3.05, 3.63) is 83.4 Å². The second kappa shape index (κ2) is 4.71. The van der Waals surface area contributed by atoms with Crippen molar-refractivity contribution < 1.29 is 0 Å². The Kier molecular flexibility index (Phi) is 2.80. The van der Waals surface area contributed by atoms with E-state index in [0.717, 1.165) is 0 Å². The Morgan fingerprint density at radius 3 is 2.27 bits per heavy atom. The van der Waals surface area contributed by atoms with Crippen LogP contribution in [0.2, 0.25) is 0 Å². The van der Waals surface area contributed by atoms with E-state index in [9.17, 15) is 0 Å². The van der Waals surface area contributed by atoms with E-state index in [4.69, 9.17) is 0 Å². The van der Waals surface area contributed by atoms with E-state index in [1.54, 1.807) is 0 Å². The fraction of sp³-hybridized carbons (Fsp3) is 0.0909. The van der Waals surface area contributed by atoms with Gasteiger partial charge in [0.05, 0.1) is 0 Å². The normalized spacial score (nSPS) is 12.5. The molecule has 1 aliphatic carbocycles. The van der Waals surface area contributed by atoms with Crippen LogP contribution >= 0.6 is 0 Å². The molecular weight excluding hydrogens is 264 g/mol. The van der Waals surface area contributed by atoms with Gasteiger partial charge in [-0.3, -0.25) is 0 Å². The smallest absolute Gasteiger partial charge is 0.00266 e. The van der Waals surface area contributed by atoms with Crippen molar-refractivity contribution >= 4 is 22.4 Å². The van der Waals surface area contributed by atoms with Crippen LogP contribution in [-0.4, -0.2) is 0 Å². The topological polar surface area (TPSA) is 0 Å². The van der Waals surface area contributed by atoms with Crippen LogP contribution in [0, 0.1) is 13.8 Å². The minimum atomic E-state index is 1.20. The first-order chi connectivity index (χ1) is 10.7. The molecule has 0 radical (unpaired) electrons. The van der Waals surface area contributed by atoms with Crippen LogP contribution in [-0.2, 0) is 0 Å². The van der Waals surface area contributed by atoms with Crippen LogP contribution in [0.5, 0.6) is 0 Å². The molecule has 4 rings (SSSR count). The van der Waals surface area contributed by atoms with Crippen molar-refractivity contribution in [1.29, 1.82) is 0 Å². The van der Waals surface area contributed by atoms with Gasteiger partial charge in [0.15, 0.2) is 0 Å². The lowest BCUT2D eigenvalue weighted by Gasteiger charge is -2.13. The lowest BCUT2D eigenvalue weighted by Crippen LogP contribution is -1.90. The van der Waals surface area contributed by atoms with E-state index in [-0.39, 0.29) is 0 Å². The molecule has 0 fully saturated rings. The van der Waals surface area contributed by atoms with Crippen molar-refractivity contribution in [1.82, 2.24) is 0 Å². The molecule has 0 nitrogen and oxygen atoms in total. The maximum atomic E-state index is 4.04. The zero-order valence-corrected chi connectivity index (χ0v) is 13.0. The summed E-state index contributed by atoms with van der Waals surface area (Å²) in [4.78, 5) is 0. The number of benzene rings is 3. The van der Waals surface area contributed by atoms with Crippen LogP contribution < -0.4 is 0 Å². The van der Waals surface area contributed by atoms with Crippen molar-refractivity contribution in [3.8, 4) is 11.1 Å². The Bertz CT molecular complexity index is 950. The van der Waals surface area contributed by atoms with Crippen molar-refractivity contribution in [2.24, 2.45) is 0 Å². The first-order valence-corrected chi connectivity index (χ1v) is 7.67. The molecule has 0 spiro atoms. The molecule has 0 bridgehead atoms. The summed E-state index contributed by atoms with van der Waals surface area (Å²) in [6.07, 6.45) is 4.27. The molecule has 0 saturated carbocycles. The van der Waals surface area contributed by atoms with Gasteiger partial charge in [0.2, 0.25) is 0 Å². The molecule has 106 valence electrons. The van der Waals surface area contributed by atoms with E-state index in [0.29, 0.717) is 0 Å². The molecule has 1 aliphatic rings. The monoisotopic (exact) mass is 282 g/mol. The summed E-state index contributed by atoms with van der Waals surface area (Å²) in [5, 5.41) is 2.62. The highest BCUT2D eigenvalue weighted by Gasteiger charge is 2.17. The average Bonchev–Trinajstić information content (AvgIpc) is 2.68. The summed E-state index contributed by atoms with van der Waals surface area (Å²) >= 11 is 0. The maximum Gasteiger partial charge on any atom is -0.00266 e. The fourth-order valence-electron chi connectivity index (χ4n) is 3.47. The van der Waals surface area contributed by atoms with Gasteiger partial charge in [0, 0.05) is 0 Å². The summed E-state index contributed by atoms with van der Waals surface area (Å²) in [7, 11) is 0. The lowest BCUT2D eigenvalue weighted by atomic mass is 9.91. The van der Waals surface area contributed by atoms with Crippen molar-refractivity contribution in [2.75, 3.05) is 0 Å². The lowest BCUT2D eigenvalue weighted by molar-refractivity contribution is 1.33. The third kappa shape index (κ3) is 1.70. The first-order valence-electron chi connectivity index (χ1n) is 7.67. The van der Waals surface area contributed by atoms with Gasteiger partial charge in [-0.2, -0.15) is 0 Å². The second-order valence-corrected chi connectivity index (χ2v) is 5.98. The zero-order chi connectivity index (χ0) is 15.3. The molecular formula is C22H18. The largest absolute Gasteiger partial charge is 0.0984 e. The fourth-order valence-corrected chi connectivity index (χ4v) is 3.47. The van der Waals surface area contributed by atoms with Crippen LogP contribution in [0.4, 0.5) is 0 Å². The average molecular weight is 282 g/mol. The zero-order valence-electron chi connectivity index (χ0n) is 13.0. The molecule has 0 N–H and O–H groups in total. The van der Waals surface area contributed by atoms with Gasteiger partial charge < -0.3 is 0 Å². The molecule has 3 aromatic rings. The third-order valence-corrected chi connectivity index (χ3v) is 4.81. The molecule has 0 aromatic heterocycles. The Morgan fingerprint density at radius 2 is 1.55 bits per heavy atom. The highest BCUT2D eigenvalue weighted by molar-refractivity contribution is 6.11. The maximum absolute atomic E-state index is 4.04. The van der Waals surface area contributed by atoms with Crippen LogP contribution in [0.3, 0.4) is 0 Å². The van der Waals surface area contributed by atoms with Gasteiger partial charge in [-0.15, -0.1) is 0 Å². The van der Waals surface area contributed by atoms with E-state index >= 15 is 0 Å². The molecule has 0 heterocycles. The van der Waals surface area contributed by atoms with Crippen molar-refractivity contribution in [2.45, 2.75) is 13.8 Å². The highest BCUT2D eigenvalue weighted by Crippen LogP contribution is 2.41. The number of rotatable bonds is 1. The summed E-state index contributed by atoms with van der Waals surface area (Å²) in [6.45, 7) is 8.43. The van der Waals surface area contributed by atoms with E-state index in [1.165, 1.54) is 49.7 Å². The summed E-state index contributed by atoms with van der Waals surface area (Å²) < 4.78 is 0. The molecule has 0 amide bonds. The molecule has 22 heavy (non-hydrogen) atoms. The predicted molar refractivity (Wildman–Crippen MR) is 96.9 cm³/mol. The first kappa shape index (κ1) is 13.1. The van der Waals surface area contributed by atoms with Gasteiger partial charge in [-0.05, 0) is 69.6 Å². The quantitative estimate of drug-likeness (QED) is 0.501. The Hall–Kier alpha value is -2.60. The van der Waals surface area contributed by atoms with Crippen LogP contribution in [0.1, 0.15) is 22.3 Å². The summed E-state index contributed by atoms with van der Waals surface area (Å²) in [5.74, 6) is 0. The minimum Gasteiger partial charge on any atom is -0.0984 e. The number of aryl methyl sites for hydroxylation is 1. The number of allylic oxidation sites excluding steroid dienone is 2. The van der Waals surface area contributed by atoms with E-state index in [1.807, 2.05) is 6.08 Å². The summed E-state index contributed by atoms with van der Waals surface area (Å²) in [6, 6.07) is 17.6. The van der Waals surface area contributed by atoms with Gasteiger partial charge >= 0.3 is 0 Å². The van der Waals surface area contributed by atoms with Crippen molar-refractivity contribution in [3.63, 3.8) is 0 Å². The highest BCUT2D eigenvalue weighted by atomic mass is 14.2. The van der Waals surface area contributed by atoms with Gasteiger partial charge in [-0.1, -0.05) is 61.2 Å². The van der Waals surface area contributed by atoms with E-state index in [2.05, 4.69) is 75.0 Å². The Morgan fingerprint density at radius 1 is 0.818 bits per heavy atom. The van der Waals surface area contributed by atoms with Gasteiger partial charge in [-0.25, -0.2) is 0 Å². The minimum absolute atomic E-state index is 1.20. The standard InChI is InChI=1S/C22H18/c1-4-16-13-21-15(3)14(2)11-12-19(21)20-10-6-8-17-7-5-9-18(16)22(17)20/h4-13H,1H2,2-3H3. The molecule has 0 heteroatoms. The predicted octanol–water partition coefficient (Wildman–Crippen LogP) is 6.16. The second-order valence-electron chi connectivity index (χ2n) is 5.98. The van der Waals surface area contributed by atoms with Gasteiger partial charge in [0.25, 0.3) is 0 Å². The molecule has 0 atom stereocenters. The molecule has 0 aliphatic heterocycles.